The van der Waals surface area contributed by atoms with Gasteiger partial charge in [-0.15, -0.1) is 0 Å². The van der Waals surface area contributed by atoms with Crippen molar-refractivity contribution in [3.63, 3.8) is 0 Å². The van der Waals surface area contributed by atoms with Crippen LogP contribution in [-0.4, -0.2) is 24.6 Å². The van der Waals surface area contributed by atoms with Gasteiger partial charge in [-0.3, -0.25) is 0 Å². The Morgan fingerprint density at radius 1 is 1.24 bits per heavy atom. The Balaban J connectivity index is 1.66. The zero-order valence-electron chi connectivity index (χ0n) is 12.9. The van der Waals surface area contributed by atoms with Crippen LogP contribution in [0.15, 0.2) is 12.3 Å². The van der Waals surface area contributed by atoms with Crippen LogP contribution in [0.1, 0.15) is 50.5 Å². The Morgan fingerprint density at radius 2 is 2.00 bits per heavy atom. The number of halogens is 1. The lowest BCUT2D eigenvalue weighted by Crippen LogP contribution is -2.29. The van der Waals surface area contributed by atoms with E-state index in [1.807, 2.05) is 0 Å². The Kier molecular flexibility index (Phi) is 4.73. The SMILES string of the molecule is CN(CC1CCCCC1)c1ncc(F)cc1CNC1CC1. The van der Waals surface area contributed by atoms with Crippen molar-refractivity contribution in [3.8, 4) is 0 Å². The first-order valence-electron chi connectivity index (χ1n) is 8.31. The van der Waals surface area contributed by atoms with Crippen molar-refractivity contribution in [1.29, 1.82) is 0 Å². The lowest BCUT2D eigenvalue weighted by molar-refractivity contribution is 0.361. The molecule has 21 heavy (non-hydrogen) atoms. The molecular formula is C17H26FN3. The molecule has 2 saturated carbocycles. The minimum Gasteiger partial charge on any atom is -0.359 e. The van der Waals surface area contributed by atoms with Gasteiger partial charge in [0.25, 0.3) is 0 Å². The van der Waals surface area contributed by atoms with E-state index < -0.39 is 0 Å². The van der Waals surface area contributed by atoms with Crippen LogP contribution in [0.25, 0.3) is 0 Å². The van der Waals surface area contributed by atoms with E-state index in [-0.39, 0.29) is 5.82 Å². The van der Waals surface area contributed by atoms with Gasteiger partial charge in [0, 0.05) is 31.7 Å². The van der Waals surface area contributed by atoms with Gasteiger partial charge in [0.1, 0.15) is 11.6 Å². The van der Waals surface area contributed by atoms with Gasteiger partial charge in [0.15, 0.2) is 0 Å². The molecule has 1 aromatic rings. The zero-order chi connectivity index (χ0) is 14.7. The van der Waals surface area contributed by atoms with E-state index in [4.69, 9.17) is 0 Å². The van der Waals surface area contributed by atoms with Gasteiger partial charge in [-0.2, -0.15) is 0 Å². The molecule has 2 fully saturated rings. The molecule has 0 radical (unpaired) electrons. The molecule has 3 nitrogen and oxygen atoms in total. The van der Waals surface area contributed by atoms with Crippen LogP contribution in [0.3, 0.4) is 0 Å². The van der Waals surface area contributed by atoms with E-state index >= 15 is 0 Å². The molecule has 1 N–H and O–H groups in total. The highest BCUT2D eigenvalue weighted by Crippen LogP contribution is 2.27. The Hall–Kier alpha value is -1.16. The van der Waals surface area contributed by atoms with Gasteiger partial charge in [0.05, 0.1) is 6.20 Å². The van der Waals surface area contributed by atoms with E-state index in [0.717, 1.165) is 30.4 Å². The maximum Gasteiger partial charge on any atom is 0.141 e. The average Bonchev–Trinajstić information content (AvgIpc) is 3.30. The summed E-state index contributed by atoms with van der Waals surface area (Å²) in [5, 5.41) is 3.47. The summed E-state index contributed by atoms with van der Waals surface area (Å²) in [5.41, 5.74) is 0.986. The van der Waals surface area contributed by atoms with Crippen molar-refractivity contribution in [3.05, 3.63) is 23.6 Å². The fourth-order valence-corrected chi connectivity index (χ4v) is 3.33. The summed E-state index contributed by atoms with van der Waals surface area (Å²) in [5.74, 6) is 1.47. The van der Waals surface area contributed by atoms with Gasteiger partial charge >= 0.3 is 0 Å². The van der Waals surface area contributed by atoms with Crippen LogP contribution in [-0.2, 0) is 6.54 Å². The van der Waals surface area contributed by atoms with Gasteiger partial charge in [0.2, 0.25) is 0 Å². The number of aromatic nitrogens is 1. The predicted octanol–water partition coefficient (Wildman–Crippen LogP) is 3.49. The van der Waals surface area contributed by atoms with Gasteiger partial charge in [-0.25, -0.2) is 9.37 Å². The predicted molar refractivity (Wildman–Crippen MR) is 83.9 cm³/mol. The molecule has 4 heteroatoms. The summed E-state index contributed by atoms with van der Waals surface area (Å²) in [6, 6.07) is 2.26. The second kappa shape index (κ2) is 6.73. The highest BCUT2D eigenvalue weighted by atomic mass is 19.1. The van der Waals surface area contributed by atoms with Crippen LogP contribution in [0.5, 0.6) is 0 Å². The summed E-state index contributed by atoms with van der Waals surface area (Å²) >= 11 is 0. The molecule has 2 aliphatic rings. The van der Waals surface area contributed by atoms with Gasteiger partial charge in [-0.05, 0) is 37.7 Å². The smallest absolute Gasteiger partial charge is 0.141 e. The molecule has 116 valence electrons. The molecule has 0 unspecified atom stereocenters. The Labute approximate surface area is 126 Å². The first kappa shape index (κ1) is 14.8. The summed E-state index contributed by atoms with van der Waals surface area (Å²) < 4.78 is 13.5. The number of pyridine rings is 1. The zero-order valence-corrected chi connectivity index (χ0v) is 12.9. The molecule has 0 aromatic carbocycles. The third kappa shape index (κ3) is 4.16. The fourth-order valence-electron chi connectivity index (χ4n) is 3.33. The molecule has 3 rings (SSSR count). The summed E-state index contributed by atoms with van der Waals surface area (Å²) in [6.45, 7) is 1.76. The molecule has 0 amide bonds. The van der Waals surface area contributed by atoms with Crippen LogP contribution >= 0.6 is 0 Å². The lowest BCUT2D eigenvalue weighted by atomic mass is 9.89. The largest absolute Gasteiger partial charge is 0.359 e. The van der Waals surface area contributed by atoms with Crippen molar-refractivity contribution in [2.45, 2.75) is 57.5 Å². The molecule has 0 bridgehead atoms. The Bertz CT molecular complexity index is 467. The number of nitrogens with one attached hydrogen (secondary N) is 1. The summed E-state index contributed by atoms with van der Waals surface area (Å²) in [7, 11) is 2.09. The third-order valence-corrected chi connectivity index (χ3v) is 4.69. The standard InChI is InChI=1S/C17H26FN3/c1-21(12-13-5-3-2-4-6-13)17-14(9-15(18)11-20-17)10-19-16-7-8-16/h9,11,13,16,19H,2-8,10,12H2,1H3. The van der Waals surface area contributed by atoms with Crippen LogP contribution in [0.4, 0.5) is 10.2 Å². The number of anilines is 1. The van der Waals surface area contributed by atoms with Crippen LogP contribution < -0.4 is 10.2 Å². The van der Waals surface area contributed by atoms with Crippen molar-refractivity contribution >= 4 is 5.82 Å². The maximum atomic E-state index is 13.5. The van der Waals surface area contributed by atoms with E-state index in [0.29, 0.717) is 6.04 Å². The molecule has 0 aliphatic heterocycles. The van der Waals surface area contributed by atoms with Crippen molar-refractivity contribution in [1.82, 2.24) is 10.3 Å². The van der Waals surface area contributed by atoms with Crippen molar-refractivity contribution < 1.29 is 4.39 Å². The second-order valence-electron chi connectivity index (χ2n) is 6.68. The van der Waals surface area contributed by atoms with Crippen LogP contribution in [0, 0.1) is 11.7 Å². The minimum atomic E-state index is -0.239. The van der Waals surface area contributed by atoms with Gasteiger partial charge < -0.3 is 10.2 Å². The fraction of sp³-hybridized carbons (Fsp3) is 0.706. The molecule has 1 aromatic heterocycles. The van der Waals surface area contributed by atoms with E-state index in [9.17, 15) is 4.39 Å². The summed E-state index contributed by atoms with van der Waals surface area (Å²) in [6.07, 6.45) is 10.6. The maximum absolute atomic E-state index is 13.5. The van der Waals surface area contributed by atoms with E-state index in [2.05, 4.69) is 22.2 Å². The molecule has 2 aliphatic carbocycles. The second-order valence-corrected chi connectivity index (χ2v) is 6.68. The van der Waals surface area contributed by atoms with Gasteiger partial charge in [-0.1, -0.05) is 19.3 Å². The highest BCUT2D eigenvalue weighted by Gasteiger charge is 2.22. The van der Waals surface area contributed by atoms with E-state index in [1.165, 1.54) is 51.1 Å². The molecular weight excluding hydrogens is 265 g/mol. The first-order valence-corrected chi connectivity index (χ1v) is 8.31. The number of hydrogen-bond acceptors (Lipinski definition) is 3. The monoisotopic (exact) mass is 291 g/mol. The molecule has 0 saturated heterocycles. The number of hydrogen-bond donors (Lipinski definition) is 1. The number of nitrogens with zero attached hydrogens (tertiary/aromatic N) is 2. The topological polar surface area (TPSA) is 28.2 Å². The lowest BCUT2D eigenvalue weighted by Gasteiger charge is -2.29. The Morgan fingerprint density at radius 3 is 2.71 bits per heavy atom. The van der Waals surface area contributed by atoms with Crippen LogP contribution in [0.2, 0.25) is 0 Å². The normalized spacial score (nSPS) is 19.7. The summed E-state index contributed by atoms with van der Waals surface area (Å²) in [4.78, 5) is 6.57. The number of rotatable bonds is 6. The van der Waals surface area contributed by atoms with Crippen molar-refractivity contribution in [2.75, 3.05) is 18.5 Å². The minimum absolute atomic E-state index is 0.239. The third-order valence-electron chi connectivity index (χ3n) is 4.69. The quantitative estimate of drug-likeness (QED) is 0.869. The average molecular weight is 291 g/mol. The first-order chi connectivity index (χ1) is 10.2. The molecule has 0 spiro atoms. The molecule has 1 heterocycles. The highest BCUT2D eigenvalue weighted by molar-refractivity contribution is 5.46. The van der Waals surface area contributed by atoms with E-state index in [1.54, 1.807) is 6.07 Å². The molecule has 0 atom stereocenters. The van der Waals surface area contributed by atoms with Crippen molar-refractivity contribution in [2.24, 2.45) is 5.92 Å².